The Morgan fingerprint density at radius 2 is 2.00 bits per heavy atom. The van der Waals surface area contributed by atoms with Crippen molar-refractivity contribution < 1.29 is 17.6 Å². The third kappa shape index (κ3) is 3.31. The van der Waals surface area contributed by atoms with Gasteiger partial charge in [-0.2, -0.15) is 18.3 Å². The summed E-state index contributed by atoms with van der Waals surface area (Å²) in [5.41, 5.74) is 4.91. The zero-order chi connectivity index (χ0) is 16.6. The maximum absolute atomic E-state index is 13.1. The minimum atomic E-state index is -4.40. The first kappa shape index (κ1) is 15.8. The maximum atomic E-state index is 13.1. The smallest absolute Gasteiger partial charge is 0.408 e. The molecule has 7 nitrogen and oxygen atoms in total. The molecule has 0 amide bonds. The minimum absolute atomic E-state index is 0.0348. The first-order valence-corrected chi connectivity index (χ1v) is 7.24. The summed E-state index contributed by atoms with van der Waals surface area (Å²) in [5.74, 6) is 0.603. The van der Waals surface area contributed by atoms with Gasteiger partial charge in [0.1, 0.15) is 5.69 Å². The monoisotopic (exact) mass is 330 g/mol. The Kier molecular flexibility index (Phi) is 4.00. The second kappa shape index (κ2) is 5.84. The molecule has 0 atom stereocenters. The van der Waals surface area contributed by atoms with Crippen LogP contribution in [-0.2, 0) is 19.8 Å². The Hall–Kier alpha value is -2.10. The highest BCUT2D eigenvalue weighted by atomic mass is 19.4. The van der Waals surface area contributed by atoms with Crippen LogP contribution < -0.4 is 5.73 Å². The van der Waals surface area contributed by atoms with Gasteiger partial charge >= 0.3 is 12.2 Å². The molecular formula is C13H17F3N6O. The van der Waals surface area contributed by atoms with E-state index in [9.17, 15) is 13.2 Å². The average Bonchev–Trinajstić information content (AvgIpc) is 3.05. The highest BCUT2D eigenvalue weighted by Gasteiger charge is 2.38. The highest BCUT2D eigenvalue weighted by molar-refractivity contribution is 5.20. The van der Waals surface area contributed by atoms with Crippen molar-refractivity contribution in [3.8, 4) is 0 Å². The molecule has 23 heavy (non-hydrogen) atoms. The lowest BCUT2D eigenvalue weighted by molar-refractivity contribution is -0.144. The van der Waals surface area contributed by atoms with E-state index in [0.29, 0.717) is 19.0 Å². The summed E-state index contributed by atoms with van der Waals surface area (Å²) in [6, 6.07) is 0.0348. The van der Waals surface area contributed by atoms with Crippen molar-refractivity contribution >= 4 is 6.01 Å². The van der Waals surface area contributed by atoms with Crippen molar-refractivity contribution in [1.29, 1.82) is 0 Å². The third-order valence-electron chi connectivity index (χ3n) is 4.07. The number of hydrogen-bond acceptors (Lipinski definition) is 6. The number of halogens is 3. The summed E-state index contributed by atoms with van der Waals surface area (Å²) in [7, 11) is 1.30. The standard InChI is InChI=1S/C13H17F3N6O/c1-21-10(13(14,15)16)9(6-18-21)7-22-4-2-8(3-5-22)11-19-20-12(17)23-11/h6,8H,2-5,7H2,1H3,(H2,17,20). The molecule has 3 rings (SSSR count). The van der Waals surface area contributed by atoms with Crippen LogP contribution in [0.1, 0.15) is 35.9 Å². The molecule has 0 unspecified atom stereocenters. The lowest BCUT2D eigenvalue weighted by Gasteiger charge is -2.30. The summed E-state index contributed by atoms with van der Waals surface area (Å²) >= 11 is 0. The molecule has 1 aliphatic rings. The van der Waals surface area contributed by atoms with E-state index in [4.69, 9.17) is 10.2 Å². The fourth-order valence-electron chi connectivity index (χ4n) is 2.95. The molecule has 2 N–H and O–H groups in total. The van der Waals surface area contributed by atoms with Crippen LogP contribution in [0.25, 0.3) is 0 Å². The molecule has 1 fully saturated rings. The molecule has 3 heterocycles. The molecule has 0 radical (unpaired) electrons. The summed E-state index contributed by atoms with van der Waals surface area (Å²) in [6.45, 7) is 1.53. The zero-order valence-corrected chi connectivity index (χ0v) is 12.5. The second-order valence-corrected chi connectivity index (χ2v) is 5.67. The van der Waals surface area contributed by atoms with Gasteiger partial charge in [0.2, 0.25) is 5.89 Å². The third-order valence-corrected chi connectivity index (χ3v) is 4.07. The molecule has 0 saturated carbocycles. The first-order chi connectivity index (χ1) is 10.8. The van der Waals surface area contributed by atoms with E-state index in [-0.39, 0.29) is 24.0 Å². The molecule has 0 bridgehead atoms. The van der Waals surface area contributed by atoms with E-state index in [1.807, 2.05) is 4.90 Å². The lowest BCUT2D eigenvalue weighted by Crippen LogP contribution is -2.33. The Morgan fingerprint density at radius 1 is 1.30 bits per heavy atom. The van der Waals surface area contributed by atoms with E-state index in [1.165, 1.54) is 13.2 Å². The van der Waals surface area contributed by atoms with Crippen LogP contribution in [0.2, 0.25) is 0 Å². The van der Waals surface area contributed by atoms with Crippen molar-refractivity contribution in [2.24, 2.45) is 7.05 Å². The van der Waals surface area contributed by atoms with Gasteiger partial charge in [-0.25, -0.2) is 0 Å². The number of anilines is 1. The van der Waals surface area contributed by atoms with Gasteiger partial charge in [-0.15, -0.1) is 5.10 Å². The van der Waals surface area contributed by atoms with Crippen LogP contribution >= 0.6 is 0 Å². The number of aryl methyl sites for hydroxylation is 1. The number of alkyl halides is 3. The first-order valence-electron chi connectivity index (χ1n) is 7.24. The van der Waals surface area contributed by atoms with E-state index in [0.717, 1.165) is 17.5 Å². The molecule has 1 saturated heterocycles. The number of nitrogens with two attached hydrogens (primary N) is 1. The van der Waals surface area contributed by atoms with Crippen LogP contribution in [0, 0.1) is 0 Å². The molecule has 1 aliphatic heterocycles. The van der Waals surface area contributed by atoms with Gasteiger partial charge in [-0.3, -0.25) is 9.58 Å². The molecule has 2 aromatic heterocycles. The lowest BCUT2D eigenvalue weighted by atomic mass is 9.96. The predicted octanol–water partition coefficient (Wildman–Crippen LogP) is 1.78. The van der Waals surface area contributed by atoms with Crippen LogP contribution in [0.15, 0.2) is 10.6 Å². The van der Waals surface area contributed by atoms with Gasteiger partial charge in [0.25, 0.3) is 0 Å². The van der Waals surface area contributed by atoms with Gasteiger partial charge in [-0.1, -0.05) is 5.10 Å². The van der Waals surface area contributed by atoms with Crippen molar-refractivity contribution in [2.75, 3.05) is 18.8 Å². The van der Waals surface area contributed by atoms with E-state index < -0.39 is 11.9 Å². The molecular weight excluding hydrogens is 313 g/mol. The number of hydrogen-bond donors (Lipinski definition) is 1. The van der Waals surface area contributed by atoms with E-state index >= 15 is 0 Å². The fraction of sp³-hybridized carbons (Fsp3) is 0.615. The molecule has 0 aromatic carbocycles. The number of aromatic nitrogens is 4. The van der Waals surface area contributed by atoms with Gasteiger partial charge in [0, 0.05) is 25.1 Å². The number of nitrogen functional groups attached to an aromatic ring is 1. The SMILES string of the molecule is Cn1ncc(CN2CCC(c3nnc(N)o3)CC2)c1C(F)(F)F. The van der Waals surface area contributed by atoms with Gasteiger partial charge in [0.15, 0.2) is 0 Å². The number of nitrogens with zero attached hydrogens (tertiary/aromatic N) is 5. The minimum Gasteiger partial charge on any atom is -0.408 e. The summed E-state index contributed by atoms with van der Waals surface area (Å²) in [6.07, 6.45) is -1.64. The normalized spacial score (nSPS) is 17.7. The predicted molar refractivity (Wildman–Crippen MR) is 74.2 cm³/mol. The van der Waals surface area contributed by atoms with Gasteiger partial charge < -0.3 is 10.2 Å². The Bertz CT molecular complexity index is 672. The van der Waals surface area contributed by atoms with Crippen molar-refractivity contribution in [3.05, 3.63) is 23.3 Å². The van der Waals surface area contributed by atoms with Gasteiger partial charge in [0.05, 0.1) is 6.20 Å². The van der Waals surface area contributed by atoms with Crippen molar-refractivity contribution in [1.82, 2.24) is 24.9 Å². The Balaban J connectivity index is 1.63. The Morgan fingerprint density at radius 3 is 2.57 bits per heavy atom. The summed E-state index contributed by atoms with van der Waals surface area (Å²) in [4.78, 5) is 1.97. The molecule has 2 aromatic rings. The number of likely N-dealkylation sites (tertiary alicyclic amines) is 1. The van der Waals surface area contributed by atoms with E-state index in [1.54, 1.807) is 0 Å². The second-order valence-electron chi connectivity index (χ2n) is 5.67. The summed E-state index contributed by atoms with van der Waals surface area (Å²) < 4.78 is 45.3. The van der Waals surface area contributed by atoms with Crippen molar-refractivity contribution in [2.45, 2.75) is 31.5 Å². The van der Waals surface area contributed by atoms with Crippen LogP contribution in [0.5, 0.6) is 0 Å². The highest BCUT2D eigenvalue weighted by Crippen LogP contribution is 2.33. The average molecular weight is 330 g/mol. The number of piperidine rings is 1. The quantitative estimate of drug-likeness (QED) is 0.923. The van der Waals surface area contributed by atoms with Crippen LogP contribution in [0.4, 0.5) is 19.2 Å². The topological polar surface area (TPSA) is 86.0 Å². The van der Waals surface area contributed by atoms with Gasteiger partial charge in [-0.05, 0) is 25.9 Å². The van der Waals surface area contributed by atoms with E-state index in [2.05, 4.69) is 15.3 Å². The Labute approximate surface area is 130 Å². The molecule has 10 heteroatoms. The molecule has 0 aliphatic carbocycles. The fourth-order valence-corrected chi connectivity index (χ4v) is 2.95. The van der Waals surface area contributed by atoms with Crippen LogP contribution in [-0.4, -0.2) is 38.0 Å². The number of rotatable bonds is 3. The molecule has 126 valence electrons. The summed E-state index contributed by atoms with van der Waals surface area (Å²) in [5, 5.41) is 11.2. The largest absolute Gasteiger partial charge is 0.433 e. The van der Waals surface area contributed by atoms with Crippen LogP contribution in [0.3, 0.4) is 0 Å². The zero-order valence-electron chi connectivity index (χ0n) is 12.5. The van der Waals surface area contributed by atoms with Crippen molar-refractivity contribution in [3.63, 3.8) is 0 Å². The maximum Gasteiger partial charge on any atom is 0.433 e. The molecule has 0 spiro atoms.